The van der Waals surface area contributed by atoms with E-state index < -0.39 is 12.3 Å². The average molecular weight is 184 g/mol. The summed E-state index contributed by atoms with van der Waals surface area (Å²) in [6, 6.07) is 2.64. The van der Waals surface area contributed by atoms with Crippen LogP contribution in [0.2, 0.25) is 0 Å². The third-order valence-electron chi connectivity index (χ3n) is 1.56. The van der Waals surface area contributed by atoms with Crippen molar-refractivity contribution in [2.45, 2.75) is 12.3 Å². The summed E-state index contributed by atoms with van der Waals surface area (Å²) < 4.78 is 26.3. The highest BCUT2D eigenvalue weighted by Crippen LogP contribution is 2.30. The fourth-order valence-corrected chi connectivity index (χ4v) is 0.933. The van der Waals surface area contributed by atoms with Crippen LogP contribution in [0.25, 0.3) is 0 Å². The van der Waals surface area contributed by atoms with Crippen molar-refractivity contribution in [2.75, 3.05) is 5.73 Å². The first-order valence-corrected chi connectivity index (χ1v) is 3.77. The quantitative estimate of drug-likeness (QED) is 0.732. The maximum absolute atomic E-state index is 13.1. The van der Waals surface area contributed by atoms with Crippen molar-refractivity contribution >= 4 is 5.69 Å². The lowest BCUT2D eigenvalue weighted by Crippen LogP contribution is -2.14. The number of nitrogens with zero attached hydrogens (tertiary/aromatic N) is 1. The second-order valence-electron chi connectivity index (χ2n) is 2.67. The molecule has 0 fully saturated rings. The van der Waals surface area contributed by atoms with E-state index in [2.05, 4.69) is 11.6 Å². The molecule has 0 amide bonds. The van der Waals surface area contributed by atoms with Gasteiger partial charge in [-0.3, -0.25) is 4.98 Å². The van der Waals surface area contributed by atoms with Gasteiger partial charge in [0.1, 0.15) is 5.69 Å². The standard InChI is InChI=1S/C9H10F2N2/c1-2-4-9(10,11)8-6-7(12)3-5-13-8/h2-3,5-6H,1,4H2,(H2,12,13). The van der Waals surface area contributed by atoms with Crippen LogP contribution in [0, 0.1) is 0 Å². The normalized spacial score (nSPS) is 11.2. The van der Waals surface area contributed by atoms with Crippen LogP contribution in [0.1, 0.15) is 12.1 Å². The maximum atomic E-state index is 13.1. The predicted octanol–water partition coefficient (Wildman–Crippen LogP) is 2.33. The van der Waals surface area contributed by atoms with E-state index in [1.807, 2.05) is 0 Å². The van der Waals surface area contributed by atoms with Gasteiger partial charge in [0, 0.05) is 18.3 Å². The Morgan fingerprint density at radius 3 is 2.85 bits per heavy atom. The molecule has 0 bridgehead atoms. The molecule has 0 saturated carbocycles. The summed E-state index contributed by atoms with van der Waals surface area (Å²) in [6.07, 6.45) is 2.00. The largest absolute Gasteiger partial charge is 0.399 e. The SMILES string of the molecule is C=CCC(F)(F)c1cc(N)ccn1. The van der Waals surface area contributed by atoms with E-state index in [0.29, 0.717) is 0 Å². The highest BCUT2D eigenvalue weighted by molar-refractivity contribution is 5.38. The van der Waals surface area contributed by atoms with Crippen molar-refractivity contribution in [1.82, 2.24) is 4.98 Å². The molecule has 0 unspecified atom stereocenters. The number of allylic oxidation sites excluding steroid dienone is 1. The molecule has 0 aliphatic rings. The number of aromatic nitrogens is 1. The molecular weight excluding hydrogens is 174 g/mol. The molecule has 0 atom stereocenters. The average Bonchev–Trinajstić information content (AvgIpc) is 2.04. The zero-order valence-electron chi connectivity index (χ0n) is 7.00. The minimum atomic E-state index is -2.98. The van der Waals surface area contributed by atoms with Gasteiger partial charge in [-0.05, 0) is 12.1 Å². The molecule has 1 aromatic heterocycles. The molecule has 0 aromatic carbocycles. The van der Waals surface area contributed by atoms with Crippen LogP contribution in [-0.4, -0.2) is 4.98 Å². The lowest BCUT2D eigenvalue weighted by molar-refractivity contribution is -0.00534. The molecule has 0 saturated heterocycles. The van der Waals surface area contributed by atoms with Gasteiger partial charge in [-0.1, -0.05) is 6.08 Å². The number of anilines is 1. The van der Waals surface area contributed by atoms with E-state index in [9.17, 15) is 8.78 Å². The van der Waals surface area contributed by atoms with Crippen LogP contribution in [0.5, 0.6) is 0 Å². The highest BCUT2D eigenvalue weighted by atomic mass is 19.3. The molecule has 13 heavy (non-hydrogen) atoms. The minimum absolute atomic E-state index is 0.286. The lowest BCUT2D eigenvalue weighted by Gasteiger charge is -2.13. The second-order valence-corrected chi connectivity index (χ2v) is 2.67. The number of hydrogen-bond acceptors (Lipinski definition) is 2. The second kappa shape index (κ2) is 3.51. The maximum Gasteiger partial charge on any atom is 0.293 e. The minimum Gasteiger partial charge on any atom is -0.399 e. The molecular formula is C9H10F2N2. The first-order chi connectivity index (χ1) is 6.06. The van der Waals surface area contributed by atoms with Gasteiger partial charge in [-0.2, -0.15) is 8.78 Å². The predicted molar refractivity (Wildman–Crippen MR) is 47.4 cm³/mol. The van der Waals surface area contributed by atoms with Crippen LogP contribution in [0.3, 0.4) is 0 Å². The number of pyridine rings is 1. The highest BCUT2D eigenvalue weighted by Gasteiger charge is 2.31. The van der Waals surface area contributed by atoms with Crippen molar-refractivity contribution in [3.8, 4) is 0 Å². The Labute approximate surface area is 75.1 Å². The third-order valence-corrected chi connectivity index (χ3v) is 1.56. The van der Waals surface area contributed by atoms with E-state index in [0.717, 1.165) is 6.08 Å². The van der Waals surface area contributed by atoms with Crippen molar-refractivity contribution in [1.29, 1.82) is 0 Å². The molecule has 1 rings (SSSR count). The van der Waals surface area contributed by atoms with Crippen molar-refractivity contribution in [2.24, 2.45) is 0 Å². The fourth-order valence-electron chi connectivity index (χ4n) is 0.933. The monoisotopic (exact) mass is 184 g/mol. The first-order valence-electron chi connectivity index (χ1n) is 3.77. The summed E-state index contributed by atoms with van der Waals surface area (Å²) >= 11 is 0. The summed E-state index contributed by atoms with van der Waals surface area (Å²) in [4.78, 5) is 3.55. The number of halogens is 2. The summed E-state index contributed by atoms with van der Waals surface area (Å²) in [6.45, 7) is 3.25. The Hall–Kier alpha value is -1.45. The number of alkyl halides is 2. The van der Waals surface area contributed by atoms with Gasteiger partial charge < -0.3 is 5.73 Å². The number of hydrogen-bond donors (Lipinski definition) is 1. The Morgan fingerprint density at radius 1 is 1.62 bits per heavy atom. The van der Waals surface area contributed by atoms with E-state index in [-0.39, 0.29) is 11.4 Å². The van der Waals surface area contributed by atoms with E-state index in [1.54, 1.807) is 0 Å². The molecule has 0 spiro atoms. The Kier molecular flexibility index (Phi) is 2.60. The van der Waals surface area contributed by atoms with Crippen LogP contribution in [-0.2, 0) is 5.92 Å². The van der Waals surface area contributed by atoms with Gasteiger partial charge in [0.2, 0.25) is 0 Å². The van der Waals surface area contributed by atoms with Gasteiger partial charge in [-0.15, -0.1) is 6.58 Å². The van der Waals surface area contributed by atoms with E-state index >= 15 is 0 Å². The summed E-state index contributed by atoms with van der Waals surface area (Å²) in [5, 5.41) is 0. The van der Waals surface area contributed by atoms with Gasteiger partial charge in [0.15, 0.2) is 0 Å². The number of nitrogens with two attached hydrogens (primary N) is 1. The molecule has 1 heterocycles. The molecule has 0 radical (unpaired) electrons. The lowest BCUT2D eigenvalue weighted by atomic mass is 10.1. The summed E-state index contributed by atoms with van der Waals surface area (Å²) in [7, 11) is 0. The van der Waals surface area contributed by atoms with Crippen LogP contribution >= 0.6 is 0 Å². The molecule has 70 valence electrons. The van der Waals surface area contributed by atoms with Crippen molar-refractivity contribution in [3.63, 3.8) is 0 Å². The molecule has 2 nitrogen and oxygen atoms in total. The molecule has 1 aromatic rings. The Balaban J connectivity index is 2.99. The molecule has 2 N–H and O–H groups in total. The zero-order valence-corrected chi connectivity index (χ0v) is 7.00. The molecule has 0 aliphatic carbocycles. The van der Waals surface area contributed by atoms with Gasteiger partial charge in [0.05, 0.1) is 0 Å². The van der Waals surface area contributed by atoms with Gasteiger partial charge in [-0.25, -0.2) is 0 Å². The molecule has 0 aliphatic heterocycles. The zero-order chi connectivity index (χ0) is 9.90. The third kappa shape index (κ3) is 2.24. The topological polar surface area (TPSA) is 38.9 Å². The van der Waals surface area contributed by atoms with Crippen LogP contribution in [0.4, 0.5) is 14.5 Å². The van der Waals surface area contributed by atoms with E-state index in [1.165, 1.54) is 18.3 Å². The summed E-state index contributed by atoms with van der Waals surface area (Å²) in [5.74, 6) is -2.98. The molecule has 4 heteroatoms. The van der Waals surface area contributed by atoms with E-state index in [4.69, 9.17) is 5.73 Å². The smallest absolute Gasteiger partial charge is 0.293 e. The van der Waals surface area contributed by atoms with Gasteiger partial charge >= 0.3 is 0 Å². The van der Waals surface area contributed by atoms with Crippen LogP contribution < -0.4 is 5.73 Å². The van der Waals surface area contributed by atoms with Crippen LogP contribution in [0.15, 0.2) is 31.0 Å². The first kappa shape index (κ1) is 9.64. The fraction of sp³-hybridized carbons (Fsp3) is 0.222. The van der Waals surface area contributed by atoms with Gasteiger partial charge in [0.25, 0.3) is 5.92 Å². The van der Waals surface area contributed by atoms with Crippen molar-refractivity contribution in [3.05, 3.63) is 36.7 Å². The Morgan fingerprint density at radius 2 is 2.31 bits per heavy atom. The number of rotatable bonds is 3. The Bertz CT molecular complexity index is 310. The number of nitrogen functional groups attached to an aromatic ring is 1. The summed E-state index contributed by atoms with van der Waals surface area (Å²) in [5.41, 5.74) is 5.33. The van der Waals surface area contributed by atoms with Crippen molar-refractivity contribution < 1.29 is 8.78 Å².